The number of benzene rings is 2. The number of nitriles is 1. The van der Waals surface area contributed by atoms with Crippen LogP contribution >= 0.6 is 0 Å². The highest BCUT2D eigenvalue weighted by atomic mass is 16.2. The van der Waals surface area contributed by atoms with Crippen LogP contribution in [0.25, 0.3) is 11.3 Å². The monoisotopic (exact) mass is 435 g/mol. The van der Waals surface area contributed by atoms with Gasteiger partial charge in [-0.05, 0) is 66.6 Å². The first-order valence-electron chi connectivity index (χ1n) is 11.1. The van der Waals surface area contributed by atoms with Gasteiger partial charge in [0, 0.05) is 18.8 Å². The molecule has 2 heterocycles. The normalized spacial score (nSPS) is 22.6. The number of likely N-dealkylation sites (N-methyl/N-ethyl adjacent to an activating group) is 1. The Bertz CT molecular complexity index is 1300. The molecule has 5 rings (SSSR count). The molecule has 0 bridgehead atoms. The number of nitrogens with two attached hydrogens (primary N) is 1. The number of amides is 1. The molecule has 3 aromatic rings. The number of guanidine groups is 1. The van der Waals surface area contributed by atoms with E-state index < -0.39 is 11.5 Å². The van der Waals surface area contributed by atoms with E-state index in [1.807, 2.05) is 31.2 Å². The zero-order valence-electron chi connectivity index (χ0n) is 18.7. The molecule has 33 heavy (non-hydrogen) atoms. The van der Waals surface area contributed by atoms with Gasteiger partial charge in [-0.1, -0.05) is 36.4 Å². The average Bonchev–Trinajstić information content (AvgIpc) is 3.69. The molecule has 0 radical (unpaired) electrons. The lowest BCUT2D eigenvalue weighted by Gasteiger charge is -2.41. The number of nitrogens with zero attached hydrogens (tertiary/aromatic N) is 4. The van der Waals surface area contributed by atoms with Gasteiger partial charge in [0.1, 0.15) is 5.54 Å². The number of hydrogen-bond donors (Lipinski definition) is 1. The van der Waals surface area contributed by atoms with Crippen molar-refractivity contribution in [2.24, 2.45) is 10.7 Å². The van der Waals surface area contributed by atoms with Gasteiger partial charge in [-0.25, -0.2) is 4.99 Å². The Morgan fingerprint density at radius 1 is 1.09 bits per heavy atom. The van der Waals surface area contributed by atoms with E-state index >= 15 is 0 Å². The van der Waals surface area contributed by atoms with Crippen molar-refractivity contribution in [2.75, 3.05) is 7.05 Å². The fourth-order valence-electron chi connectivity index (χ4n) is 4.65. The second-order valence-electron chi connectivity index (χ2n) is 9.01. The van der Waals surface area contributed by atoms with E-state index in [-0.39, 0.29) is 11.9 Å². The summed E-state index contributed by atoms with van der Waals surface area (Å²) >= 11 is 0. The van der Waals surface area contributed by atoms with E-state index in [0.29, 0.717) is 17.2 Å². The summed E-state index contributed by atoms with van der Waals surface area (Å²) in [5.74, 6) is 0.228. The van der Waals surface area contributed by atoms with E-state index in [0.717, 1.165) is 16.7 Å². The molecule has 0 saturated heterocycles. The summed E-state index contributed by atoms with van der Waals surface area (Å²) in [6.45, 7) is 1.95. The lowest BCUT2D eigenvalue weighted by Crippen LogP contribution is -2.52. The highest BCUT2D eigenvalue weighted by molar-refractivity contribution is 6.02. The van der Waals surface area contributed by atoms with Crippen LogP contribution < -0.4 is 5.73 Å². The molecule has 1 amide bonds. The lowest BCUT2D eigenvalue weighted by atomic mass is 9.74. The summed E-state index contributed by atoms with van der Waals surface area (Å²) in [4.78, 5) is 24.3. The minimum atomic E-state index is -0.903. The van der Waals surface area contributed by atoms with Crippen LogP contribution in [0.4, 0.5) is 0 Å². The lowest BCUT2D eigenvalue weighted by molar-refractivity contribution is -0.130. The van der Waals surface area contributed by atoms with Crippen molar-refractivity contribution in [2.45, 2.75) is 37.1 Å². The van der Waals surface area contributed by atoms with E-state index in [1.54, 1.807) is 25.4 Å². The Balaban J connectivity index is 1.61. The summed E-state index contributed by atoms with van der Waals surface area (Å²) in [6.07, 6.45) is 4.18. The molecule has 2 N–H and O–H groups in total. The van der Waals surface area contributed by atoms with Gasteiger partial charge in [0.05, 0.1) is 23.2 Å². The molecule has 164 valence electrons. The van der Waals surface area contributed by atoms with Crippen LogP contribution in [-0.4, -0.2) is 28.8 Å². The first kappa shape index (κ1) is 20.9. The third-order valence-electron chi connectivity index (χ3n) is 6.78. The summed E-state index contributed by atoms with van der Waals surface area (Å²) in [5.41, 5.74) is 10.5. The molecule has 1 aliphatic heterocycles. The Morgan fingerprint density at radius 3 is 2.52 bits per heavy atom. The Morgan fingerprint density at radius 2 is 1.82 bits per heavy atom. The van der Waals surface area contributed by atoms with Gasteiger partial charge in [-0.15, -0.1) is 0 Å². The molecule has 2 aromatic carbocycles. The highest BCUT2D eigenvalue weighted by Gasteiger charge is 2.47. The third kappa shape index (κ3) is 3.66. The number of aliphatic imine (C=N–C) groups is 1. The molecule has 1 saturated carbocycles. The molecule has 6 nitrogen and oxygen atoms in total. The first-order valence-corrected chi connectivity index (χ1v) is 11.1. The molecule has 2 atom stereocenters. The first-order chi connectivity index (χ1) is 15.9. The summed E-state index contributed by atoms with van der Waals surface area (Å²) < 4.78 is 0. The second kappa shape index (κ2) is 7.86. The molecule has 0 spiro atoms. The fourth-order valence-corrected chi connectivity index (χ4v) is 4.65. The number of rotatable bonds is 4. The zero-order valence-corrected chi connectivity index (χ0v) is 18.7. The van der Waals surface area contributed by atoms with Crippen LogP contribution in [0, 0.1) is 11.3 Å². The molecule has 1 aliphatic carbocycles. The molecule has 1 fully saturated rings. The van der Waals surface area contributed by atoms with Gasteiger partial charge in [-0.3, -0.25) is 14.7 Å². The van der Waals surface area contributed by atoms with Crippen LogP contribution in [0.15, 0.2) is 71.9 Å². The van der Waals surface area contributed by atoms with Crippen molar-refractivity contribution in [3.8, 4) is 17.3 Å². The summed E-state index contributed by atoms with van der Waals surface area (Å²) in [5, 5.41) is 9.27. The maximum absolute atomic E-state index is 13.5. The Labute approximate surface area is 193 Å². The van der Waals surface area contributed by atoms with Crippen molar-refractivity contribution in [1.82, 2.24) is 9.88 Å². The smallest absolute Gasteiger partial charge is 0.239 e. The van der Waals surface area contributed by atoms with E-state index in [4.69, 9.17) is 10.7 Å². The van der Waals surface area contributed by atoms with Crippen LogP contribution in [0.3, 0.4) is 0 Å². The minimum Gasteiger partial charge on any atom is -0.369 e. The fraction of sp³-hybridized carbons (Fsp3) is 0.259. The van der Waals surface area contributed by atoms with Crippen molar-refractivity contribution in [3.63, 3.8) is 0 Å². The van der Waals surface area contributed by atoms with Gasteiger partial charge in [0.25, 0.3) is 0 Å². The molecule has 1 aromatic heterocycles. The Kier molecular flexibility index (Phi) is 4.98. The van der Waals surface area contributed by atoms with Gasteiger partial charge in [0.15, 0.2) is 5.96 Å². The number of aromatic nitrogens is 1. The van der Waals surface area contributed by atoms with E-state index in [1.165, 1.54) is 23.3 Å². The SMILES string of the molecule is CN1C(=O)[C@@H](c2ccc(C3CC3)cc2)[C@@](C)(c2ccnc(-c3cccc(C#N)c3)c2)N=C1N. The summed E-state index contributed by atoms with van der Waals surface area (Å²) in [7, 11) is 1.66. The second-order valence-corrected chi connectivity index (χ2v) is 9.01. The molecular formula is C27H25N5O. The number of pyridine rings is 1. The average molecular weight is 436 g/mol. The Hall–Kier alpha value is -3.98. The van der Waals surface area contributed by atoms with E-state index in [9.17, 15) is 10.1 Å². The molecular weight excluding hydrogens is 410 g/mol. The van der Waals surface area contributed by atoms with Crippen molar-refractivity contribution >= 4 is 11.9 Å². The van der Waals surface area contributed by atoms with Gasteiger partial charge >= 0.3 is 0 Å². The van der Waals surface area contributed by atoms with Crippen molar-refractivity contribution in [1.29, 1.82) is 5.26 Å². The maximum Gasteiger partial charge on any atom is 0.239 e. The van der Waals surface area contributed by atoms with Crippen LogP contribution in [0.2, 0.25) is 0 Å². The quantitative estimate of drug-likeness (QED) is 0.661. The molecule has 2 aliphatic rings. The van der Waals surface area contributed by atoms with Gasteiger partial charge in [0.2, 0.25) is 5.91 Å². The zero-order chi connectivity index (χ0) is 23.2. The number of carbonyl (C=O) groups is 1. The van der Waals surface area contributed by atoms with Crippen LogP contribution in [0.1, 0.15) is 53.9 Å². The maximum atomic E-state index is 13.5. The predicted octanol–water partition coefficient (Wildman–Crippen LogP) is 4.28. The standard InChI is InChI=1S/C27H25N5O/c1-27(22-12-13-30-23(15-22)21-5-3-4-17(14-21)16-28)24(25(33)32(2)26(29)31-27)20-10-8-19(9-11-20)18-6-7-18/h3-5,8-15,18,24H,6-7H2,1-2H3,(H2,29,31)/t24-,27-/m1/s1. The third-order valence-corrected chi connectivity index (χ3v) is 6.78. The highest BCUT2D eigenvalue weighted by Crippen LogP contribution is 2.45. The van der Waals surface area contributed by atoms with Crippen molar-refractivity contribution in [3.05, 3.63) is 89.1 Å². The minimum absolute atomic E-state index is 0.0889. The van der Waals surface area contributed by atoms with Crippen LogP contribution in [0.5, 0.6) is 0 Å². The molecule has 0 unspecified atom stereocenters. The van der Waals surface area contributed by atoms with Gasteiger partial charge < -0.3 is 5.73 Å². The largest absolute Gasteiger partial charge is 0.369 e. The predicted molar refractivity (Wildman–Crippen MR) is 127 cm³/mol. The topological polar surface area (TPSA) is 95.4 Å². The van der Waals surface area contributed by atoms with Gasteiger partial charge in [-0.2, -0.15) is 5.26 Å². The van der Waals surface area contributed by atoms with E-state index in [2.05, 4.69) is 35.3 Å². The molecule has 6 heteroatoms. The summed E-state index contributed by atoms with van der Waals surface area (Å²) in [6, 6.07) is 21.7. The van der Waals surface area contributed by atoms with Crippen molar-refractivity contribution < 1.29 is 4.79 Å². The van der Waals surface area contributed by atoms with Crippen LogP contribution in [-0.2, 0) is 10.3 Å². The number of hydrogen-bond acceptors (Lipinski definition) is 5. The number of carbonyl (C=O) groups excluding carboxylic acids is 1.